The molecule has 5 heteroatoms. The molecule has 0 saturated carbocycles. The second kappa shape index (κ2) is 6.98. The summed E-state index contributed by atoms with van der Waals surface area (Å²) in [6, 6.07) is 6.61. The summed E-state index contributed by atoms with van der Waals surface area (Å²) in [5, 5.41) is 1.15. The Morgan fingerprint density at radius 3 is 3.00 bits per heavy atom. The largest absolute Gasteiger partial charge is 0.350 e. The first kappa shape index (κ1) is 16.9. The van der Waals surface area contributed by atoms with Gasteiger partial charge in [0, 0.05) is 42.4 Å². The van der Waals surface area contributed by atoms with Gasteiger partial charge < -0.3 is 14.5 Å². The Balaban J connectivity index is 1.57. The van der Waals surface area contributed by atoms with Crippen molar-refractivity contribution < 1.29 is 4.79 Å². The summed E-state index contributed by atoms with van der Waals surface area (Å²) < 4.78 is 2.09. The summed E-state index contributed by atoms with van der Waals surface area (Å²) in [6.07, 6.45) is 9.98. The molecule has 136 valence electrons. The fraction of sp³-hybridized carbons (Fsp3) is 0.429. The Bertz CT molecular complexity index is 910. The first-order chi connectivity index (χ1) is 12.6. The monoisotopic (exact) mass is 350 g/mol. The molecule has 1 fully saturated rings. The molecule has 1 saturated heterocycles. The van der Waals surface area contributed by atoms with Gasteiger partial charge in [-0.05, 0) is 57.2 Å². The molecule has 1 N–H and O–H groups in total. The minimum Gasteiger partial charge on any atom is -0.350 e. The predicted octanol–water partition coefficient (Wildman–Crippen LogP) is 4.07. The van der Waals surface area contributed by atoms with E-state index in [0.717, 1.165) is 54.5 Å². The number of aromatic nitrogens is 3. The summed E-state index contributed by atoms with van der Waals surface area (Å²) in [5.74, 6) is 0.145. The topological polar surface area (TPSA) is 53.9 Å². The molecule has 1 amide bonds. The van der Waals surface area contributed by atoms with Gasteiger partial charge in [-0.2, -0.15) is 0 Å². The molecule has 3 heterocycles. The number of likely N-dealkylation sites (tertiary alicyclic amines) is 1. The van der Waals surface area contributed by atoms with Crippen molar-refractivity contribution in [1.29, 1.82) is 0 Å². The summed E-state index contributed by atoms with van der Waals surface area (Å²) in [6.45, 7) is 5.89. The molecule has 4 rings (SSSR count). The van der Waals surface area contributed by atoms with Gasteiger partial charge in [0.05, 0.1) is 6.33 Å². The molecule has 3 aromatic rings. The molecule has 0 radical (unpaired) electrons. The fourth-order valence-corrected chi connectivity index (χ4v) is 4.08. The molecule has 0 spiro atoms. The number of carbonyl (C=O) groups is 1. The van der Waals surface area contributed by atoms with E-state index in [0.29, 0.717) is 6.04 Å². The molecule has 0 aliphatic carbocycles. The Morgan fingerprint density at radius 1 is 1.31 bits per heavy atom. The van der Waals surface area contributed by atoms with Crippen LogP contribution in [0, 0.1) is 13.8 Å². The minimum absolute atomic E-state index is 0.145. The van der Waals surface area contributed by atoms with Crippen molar-refractivity contribution in [3.05, 3.63) is 53.7 Å². The van der Waals surface area contributed by atoms with Crippen LogP contribution >= 0.6 is 0 Å². The maximum absolute atomic E-state index is 13.3. The first-order valence-corrected chi connectivity index (χ1v) is 9.49. The van der Waals surface area contributed by atoms with Gasteiger partial charge in [0.2, 0.25) is 0 Å². The average Bonchev–Trinajstić information content (AvgIpc) is 3.28. The Hall–Kier alpha value is -2.56. The van der Waals surface area contributed by atoms with Crippen molar-refractivity contribution in [2.45, 2.75) is 52.1 Å². The van der Waals surface area contributed by atoms with Crippen molar-refractivity contribution in [2.75, 3.05) is 6.54 Å². The summed E-state index contributed by atoms with van der Waals surface area (Å²) in [5.41, 5.74) is 4.07. The zero-order valence-corrected chi connectivity index (χ0v) is 15.5. The van der Waals surface area contributed by atoms with E-state index in [1.807, 2.05) is 12.5 Å². The van der Waals surface area contributed by atoms with Crippen LogP contribution in [0.2, 0.25) is 0 Å². The van der Waals surface area contributed by atoms with Crippen molar-refractivity contribution in [3.8, 4) is 0 Å². The van der Waals surface area contributed by atoms with Gasteiger partial charge in [-0.1, -0.05) is 11.6 Å². The van der Waals surface area contributed by atoms with Gasteiger partial charge in [0.1, 0.15) is 5.69 Å². The van der Waals surface area contributed by atoms with E-state index in [4.69, 9.17) is 0 Å². The van der Waals surface area contributed by atoms with Gasteiger partial charge in [-0.15, -0.1) is 0 Å². The van der Waals surface area contributed by atoms with Crippen LogP contribution in [0.15, 0.2) is 36.9 Å². The highest BCUT2D eigenvalue weighted by Gasteiger charge is 2.29. The molecule has 1 unspecified atom stereocenters. The minimum atomic E-state index is 0.145. The Labute approximate surface area is 154 Å². The van der Waals surface area contributed by atoms with Crippen molar-refractivity contribution in [2.24, 2.45) is 0 Å². The van der Waals surface area contributed by atoms with E-state index < -0.39 is 0 Å². The van der Waals surface area contributed by atoms with E-state index in [1.165, 1.54) is 12.0 Å². The number of carbonyl (C=O) groups excluding carboxylic acids is 1. The molecule has 1 aliphatic rings. The third-order valence-electron chi connectivity index (χ3n) is 5.60. The third-order valence-corrected chi connectivity index (χ3v) is 5.60. The zero-order chi connectivity index (χ0) is 18.1. The number of piperidine rings is 1. The molecule has 0 bridgehead atoms. The van der Waals surface area contributed by atoms with Gasteiger partial charge >= 0.3 is 0 Å². The van der Waals surface area contributed by atoms with Gasteiger partial charge in [0.15, 0.2) is 0 Å². The van der Waals surface area contributed by atoms with E-state index in [1.54, 1.807) is 6.20 Å². The second-order valence-corrected chi connectivity index (χ2v) is 7.41. The van der Waals surface area contributed by atoms with Crippen LogP contribution in [-0.4, -0.2) is 37.9 Å². The normalized spacial score (nSPS) is 17.8. The smallest absolute Gasteiger partial charge is 0.270 e. The lowest BCUT2D eigenvalue weighted by atomic mass is 9.98. The summed E-state index contributed by atoms with van der Waals surface area (Å²) in [7, 11) is 0. The number of fused-ring (bicyclic) bond motifs is 1. The number of nitrogens with zero attached hydrogens (tertiary/aromatic N) is 3. The van der Waals surface area contributed by atoms with Crippen LogP contribution in [0.1, 0.15) is 47.3 Å². The van der Waals surface area contributed by atoms with Crippen LogP contribution < -0.4 is 0 Å². The number of hydrogen-bond donors (Lipinski definition) is 1. The molecule has 1 atom stereocenters. The standard InChI is InChI=1S/C21H26N4O/c1-15-6-7-19-18(13-15)16(2)20(23-19)21(26)25-10-4-3-5-17(25)8-11-24-12-9-22-14-24/h6-7,9,12-14,17,23H,3-5,8,10-11H2,1-2H3. The number of hydrogen-bond acceptors (Lipinski definition) is 2. The van der Waals surface area contributed by atoms with E-state index in [-0.39, 0.29) is 5.91 Å². The van der Waals surface area contributed by atoms with Crippen LogP contribution in [-0.2, 0) is 6.54 Å². The number of imidazole rings is 1. The number of nitrogens with one attached hydrogen (secondary N) is 1. The van der Waals surface area contributed by atoms with E-state index >= 15 is 0 Å². The SMILES string of the molecule is Cc1ccc2[nH]c(C(=O)N3CCCCC3CCn3ccnc3)c(C)c2c1. The van der Waals surface area contributed by atoms with Crippen LogP contribution in [0.25, 0.3) is 10.9 Å². The van der Waals surface area contributed by atoms with Gasteiger partial charge in [-0.25, -0.2) is 4.98 Å². The summed E-state index contributed by atoms with van der Waals surface area (Å²) in [4.78, 5) is 22.9. The molecule has 2 aromatic heterocycles. The number of aryl methyl sites for hydroxylation is 3. The highest BCUT2D eigenvalue weighted by Crippen LogP contribution is 2.27. The number of H-pyrrole nitrogens is 1. The van der Waals surface area contributed by atoms with E-state index in [9.17, 15) is 4.79 Å². The number of aromatic amines is 1. The maximum Gasteiger partial charge on any atom is 0.270 e. The van der Waals surface area contributed by atoms with Crippen molar-refractivity contribution in [3.63, 3.8) is 0 Å². The quantitative estimate of drug-likeness (QED) is 0.771. The van der Waals surface area contributed by atoms with Crippen LogP contribution in [0.4, 0.5) is 0 Å². The highest BCUT2D eigenvalue weighted by atomic mass is 16.2. The lowest BCUT2D eigenvalue weighted by Crippen LogP contribution is -2.44. The maximum atomic E-state index is 13.3. The van der Waals surface area contributed by atoms with Gasteiger partial charge in [0.25, 0.3) is 5.91 Å². The average molecular weight is 350 g/mol. The number of rotatable bonds is 4. The highest BCUT2D eigenvalue weighted by molar-refractivity contribution is 6.01. The molecular formula is C21H26N4O. The third kappa shape index (κ3) is 3.14. The lowest BCUT2D eigenvalue weighted by molar-refractivity contribution is 0.0589. The lowest BCUT2D eigenvalue weighted by Gasteiger charge is -2.36. The number of amides is 1. The number of benzene rings is 1. The molecule has 1 aliphatic heterocycles. The molecule has 1 aromatic carbocycles. The second-order valence-electron chi connectivity index (χ2n) is 7.41. The fourth-order valence-electron chi connectivity index (χ4n) is 4.08. The van der Waals surface area contributed by atoms with Crippen molar-refractivity contribution in [1.82, 2.24) is 19.4 Å². The summed E-state index contributed by atoms with van der Waals surface area (Å²) >= 11 is 0. The van der Waals surface area contributed by atoms with Crippen LogP contribution in [0.5, 0.6) is 0 Å². The molecular weight excluding hydrogens is 324 g/mol. The Morgan fingerprint density at radius 2 is 2.19 bits per heavy atom. The molecule has 5 nitrogen and oxygen atoms in total. The van der Waals surface area contributed by atoms with Gasteiger partial charge in [-0.3, -0.25) is 4.79 Å². The van der Waals surface area contributed by atoms with Crippen molar-refractivity contribution >= 4 is 16.8 Å². The Kier molecular flexibility index (Phi) is 4.53. The van der Waals surface area contributed by atoms with Crippen LogP contribution in [0.3, 0.4) is 0 Å². The first-order valence-electron chi connectivity index (χ1n) is 9.49. The molecule has 26 heavy (non-hydrogen) atoms. The zero-order valence-electron chi connectivity index (χ0n) is 15.5. The van der Waals surface area contributed by atoms with E-state index in [2.05, 4.69) is 51.5 Å². The predicted molar refractivity (Wildman–Crippen MR) is 103 cm³/mol.